The lowest BCUT2D eigenvalue weighted by molar-refractivity contribution is 0.0422. The van der Waals surface area contributed by atoms with Gasteiger partial charge in [0, 0.05) is 6.04 Å². The minimum atomic E-state index is 0.797. The molecule has 2 unspecified atom stereocenters. The van der Waals surface area contributed by atoms with E-state index in [9.17, 15) is 0 Å². The average molecular weight is 224 g/mol. The third-order valence-corrected chi connectivity index (χ3v) is 4.89. The lowest BCUT2D eigenvalue weighted by atomic mass is 9.77. The van der Waals surface area contributed by atoms with E-state index >= 15 is 0 Å². The average Bonchev–Trinajstić information content (AvgIpc) is 2.30. The van der Waals surface area contributed by atoms with Gasteiger partial charge in [-0.1, -0.05) is 20.3 Å². The Morgan fingerprint density at radius 1 is 1.00 bits per heavy atom. The second-order valence-electron chi connectivity index (χ2n) is 6.09. The Balaban J connectivity index is 1.91. The zero-order chi connectivity index (χ0) is 11.5. The Morgan fingerprint density at radius 2 is 1.56 bits per heavy atom. The van der Waals surface area contributed by atoms with E-state index in [1.54, 1.807) is 0 Å². The fourth-order valence-corrected chi connectivity index (χ4v) is 3.87. The van der Waals surface area contributed by atoms with Crippen LogP contribution in [-0.4, -0.2) is 30.6 Å². The highest BCUT2D eigenvalue weighted by Crippen LogP contribution is 2.34. The van der Waals surface area contributed by atoms with Crippen molar-refractivity contribution in [1.82, 2.24) is 4.90 Å². The Morgan fingerprint density at radius 3 is 2.06 bits per heavy atom. The fourth-order valence-electron chi connectivity index (χ4n) is 3.87. The third-order valence-electron chi connectivity index (χ3n) is 4.89. The molecule has 2 rings (SSSR count). The van der Waals surface area contributed by atoms with Crippen molar-refractivity contribution in [2.45, 2.75) is 52.0 Å². The summed E-state index contributed by atoms with van der Waals surface area (Å²) in [7, 11) is 0. The Hall–Kier alpha value is -0.0800. The molecule has 2 nitrogen and oxygen atoms in total. The Bertz CT molecular complexity index is 199. The van der Waals surface area contributed by atoms with Crippen molar-refractivity contribution in [2.75, 3.05) is 19.6 Å². The summed E-state index contributed by atoms with van der Waals surface area (Å²) in [6.45, 7) is 8.39. The van der Waals surface area contributed by atoms with E-state index in [2.05, 4.69) is 18.7 Å². The summed E-state index contributed by atoms with van der Waals surface area (Å²) in [4.78, 5) is 2.76. The molecular formula is C14H28N2. The van der Waals surface area contributed by atoms with Gasteiger partial charge in [-0.15, -0.1) is 0 Å². The minimum absolute atomic E-state index is 0.797. The number of hydrogen-bond acceptors (Lipinski definition) is 2. The van der Waals surface area contributed by atoms with Gasteiger partial charge < -0.3 is 5.73 Å². The van der Waals surface area contributed by atoms with Gasteiger partial charge in [-0.05, 0) is 63.1 Å². The van der Waals surface area contributed by atoms with E-state index in [4.69, 9.17) is 5.73 Å². The van der Waals surface area contributed by atoms with Crippen LogP contribution in [0.4, 0.5) is 0 Å². The highest BCUT2D eigenvalue weighted by molar-refractivity contribution is 4.88. The second kappa shape index (κ2) is 5.50. The van der Waals surface area contributed by atoms with Crippen LogP contribution in [0.15, 0.2) is 0 Å². The highest BCUT2D eigenvalue weighted by atomic mass is 15.2. The first-order valence-electron chi connectivity index (χ1n) is 7.16. The summed E-state index contributed by atoms with van der Waals surface area (Å²) in [6, 6.07) is 0.854. The summed E-state index contributed by atoms with van der Waals surface area (Å²) < 4.78 is 0. The van der Waals surface area contributed by atoms with Crippen molar-refractivity contribution in [3.63, 3.8) is 0 Å². The summed E-state index contributed by atoms with van der Waals surface area (Å²) in [5, 5.41) is 0. The van der Waals surface area contributed by atoms with E-state index in [1.807, 2.05) is 0 Å². The quantitative estimate of drug-likeness (QED) is 0.781. The van der Waals surface area contributed by atoms with Crippen molar-refractivity contribution >= 4 is 0 Å². The highest BCUT2D eigenvalue weighted by Gasteiger charge is 2.34. The van der Waals surface area contributed by atoms with E-state index in [1.165, 1.54) is 45.2 Å². The molecule has 2 fully saturated rings. The molecule has 16 heavy (non-hydrogen) atoms. The van der Waals surface area contributed by atoms with Crippen LogP contribution < -0.4 is 5.73 Å². The molecule has 0 aromatic heterocycles. The predicted molar refractivity (Wildman–Crippen MR) is 69.3 cm³/mol. The molecule has 94 valence electrons. The molecule has 0 aromatic rings. The van der Waals surface area contributed by atoms with Crippen LogP contribution in [-0.2, 0) is 0 Å². The maximum atomic E-state index is 5.76. The minimum Gasteiger partial charge on any atom is -0.330 e. The van der Waals surface area contributed by atoms with Crippen molar-refractivity contribution in [3.05, 3.63) is 0 Å². The number of hydrogen-bond donors (Lipinski definition) is 1. The maximum Gasteiger partial charge on any atom is 0.0146 e. The monoisotopic (exact) mass is 224 g/mol. The van der Waals surface area contributed by atoms with Crippen LogP contribution in [0.3, 0.4) is 0 Å². The zero-order valence-electron chi connectivity index (χ0n) is 11.0. The van der Waals surface area contributed by atoms with Crippen LogP contribution in [0.1, 0.15) is 46.0 Å². The molecule has 1 aliphatic heterocycles. The van der Waals surface area contributed by atoms with Crippen LogP contribution in [0.25, 0.3) is 0 Å². The number of likely N-dealkylation sites (tertiary alicyclic amines) is 1. The van der Waals surface area contributed by atoms with Gasteiger partial charge in [-0.25, -0.2) is 0 Å². The van der Waals surface area contributed by atoms with Gasteiger partial charge in [0.05, 0.1) is 0 Å². The van der Waals surface area contributed by atoms with Gasteiger partial charge in [0.25, 0.3) is 0 Å². The molecule has 2 atom stereocenters. The van der Waals surface area contributed by atoms with Crippen LogP contribution in [0.5, 0.6) is 0 Å². The molecule has 0 spiro atoms. The number of rotatable bonds is 2. The molecule has 2 N–H and O–H groups in total. The second-order valence-corrected chi connectivity index (χ2v) is 6.09. The predicted octanol–water partition coefficient (Wildman–Crippen LogP) is 2.48. The third kappa shape index (κ3) is 2.60. The number of nitrogens with two attached hydrogens (primary N) is 1. The first-order valence-corrected chi connectivity index (χ1v) is 7.16. The molecule has 2 heteroatoms. The molecule has 0 radical (unpaired) electrons. The van der Waals surface area contributed by atoms with E-state index in [0.29, 0.717) is 0 Å². The summed E-state index contributed by atoms with van der Waals surface area (Å²) >= 11 is 0. The van der Waals surface area contributed by atoms with Crippen molar-refractivity contribution in [2.24, 2.45) is 23.5 Å². The van der Waals surface area contributed by atoms with E-state index < -0.39 is 0 Å². The molecular weight excluding hydrogens is 196 g/mol. The number of nitrogens with zero attached hydrogens (tertiary/aromatic N) is 1. The molecule has 1 heterocycles. The summed E-state index contributed by atoms with van der Waals surface area (Å²) in [6.07, 6.45) is 6.97. The lowest BCUT2D eigenvalue weighted by Crippen LogP contribution is -2.49. The van der Waals surface area contributed by atoms with E-state index in [-0.39, 0.29) is 0 Å². The van der Waals surface area contributed by atoms with Crippen LogP contribution >= 0.6 is 0 Å². The van der Waals surface area contributed by atoms with Gasteiger partial charge >= 0.3 is 0 Å². The van der Waals surface area contributed by atoms with Gasteiger partial charge in [0.2, 0.25) is 0 Å². The Labute approximate surface area is 101 Å². The van der Waals surface area contributed by atoms with Crippen molar-refractivity contribution in [1.29, 1.82) is 0 Å². The van der Waals surface area contributed by atoms with Gasteiger partial charge in [-0.2, -0.15) is 0 Å². The molecule has 0 amide bonds. The van der Waals surface area contributed by atoms with Gasteiger partial charge in [0.15, 0.2) is 0 Å². The molecule has 0 bridgehead atoms. The number of piperidine rings is 1. The summed E-state index contributed by atoms with van der Waals surface area (Å²) in [5.41, 5.74) is 5.76. The zero-order valence-corrected chi connectivity index (χ0v) is 11.0. The van der Waals surface area contributed by atoms with E-state index in [0.717, 1.165) is 30.3 Å². The summed E-state index contributed by atoms with van der Waals surface area (Å²) in [5.74, 6) is 2.60. The maximum absolute atomic E-state index is 5.76. The topological polar surface area (TPSA) is 29.3 Å². The first-order chi connectivity index (χ1) is 7.72. The molecule has 1 aliphatic carbocycles. The van der Waals surface area contributed by atoms with Gasteiger partial charge in [-0.3, -0.25) is 4.90 Å². The lowest BCUT2D eigenvalue weighted by Gasteiger charge is -2.45. The van der Waals surface area contributed by atoms with Crippen LogP contribution in [0, 0.1) is 17.8 Å². The molecule has 1 saturated carbocycles. The normalized spacial score (nSPS) is 38.8. The standard InChI is InChI=1S/C14H28N2/c1-11-4-3-5-12(2)14(11)16-8-6-13(10-15)7-9-16/h11-14H,3-10,15H2,1-2H3. The van der Waals surface area contributed by atoms with Crippen molar-refractivity contribution in [3.8, 4) is 0 Å². The smallest absolute Gasteiger partial charge is 0.0146 e. The SMILES string of the molecule is CC1CCCC(C)C1N1CCC(CN)CC1. The first kappa shape index (κ1) is 12.4. The molecule has 0 aromatic carbocycles. The van der Waals surface area contributed by atoms with Crippen LogP contribution in [0.2, 0.25) is 0 Å². The fraction of sp³-hybridized carbons (Fsp3) is 1.00. The van der Waals surface area contributed by atoms with Crippen molar-refractivity contribution < 1.29 is 0 Å². The largest absolute Gasteiger partial charge is 0.330 e. The molecule has 1 saturated heterocycles. The Kier molecular flexibility index (Phi) is 4.26. The molecule has 2 aliphatic rings. The van der Waals surface area contributed by atoms with Gasteiger partial charge in [0.1, 0.15) is 0 Å².